The van der Waals surface area contributed by atoms with Gasteiger partial charge in [-0.2, -0.15) is 13.2 Å². The predicted molar refractivity (Wildman–Crippen MR) is 108 cm³/mol. The lowest BCUT2D eigenvalue weighted by Crippen LogP contribution is -2.43. The van der Waals surface area contributed by atoms with Crippen molar-refractivity contribution in [3.8, 4) is 0 Å². The number of nitrogens with zero attached hydrogens (tertiary/aromatic N) is 4. The summed E-state index contributed by atoms with van der Waals surface area (Å²) in [6.45, 7) is 0.631. The van der Waals surface area contributed by atoms with Gasteiger partial charge >= 0.3 is 6.18 Å². The molecule has 1 amide bonds. The van der Waals surface area contributed by atoms with Crippen molar-refractivity contribution in [3.05, 3.63) is 81.6 Å². The van der Waals surface area contributed by atoms with Gasteiger partial charge in [-0.15, -0.1) is 10.2 Å². The van der Waals surface area contributed by atoms with Crippen LogP contribution in [0.3, 0.4) is 0 Å². The second-order valence-corrected chi connectivity index (χ2v) is 8.34. The quantitative estimate of drug-likeness (QED) is 0.500. The van der Waals surface area contributed by atoms with Crippen LogP contribution >= 0.6 is 11.6 Å². The molecule has 2 aliphatic rings. The summed E-state index contributed by atoms with van der Waals surface area (Å²) in [4.78, 5) is 14.9. The van der Waals surface area contributed by atoms with Gasteiger partial charge in [0, 0.05) is 19.0 Å². The Morgan fingerprint density at radius 3 is 2.34 bits per heavy atom. The van der Waals surface area contributed by atoms with Gasteiger partial charge in [0.15, 0.2) is 5.82 Å². The van der Waals surface area contributed by atoms with Gasteiger partial charge in [-0.3, -0.25) is 4.79 Å². The normalized spacial score (nSPS) is 18.5. The molecule has 0 bridgehead atoms. The Kier molecular flexibility index (Phi) is 4.96. The molecule has 166 valence electrons. The molecule has 0 N–H and O–H groups in total. The highest BCUT2D eigenvalue weighted by Gasteiger charge is 2.41. The van der Waals surface area contributed by atoms with Crippen LogP contribution in [0.2, 0.25) is 5.02 Å². The Morgan fingerprint density at radius 2 is 1.69 bits per heavy atom. The number of benzene rings is 2. The molecule has 2 aromatic carbocycles. The molecule has 5 rings (SSSR count). The number of aromatic nitrogens is 3. The summed E-state index contributed by atoms with van der Waals surface area (Å²) in [7, 11) is 0. The van der Waals surface area contributed by atoms with Crippen LogP contribution in [0.5, 0.6) is 0 Å². The first-order chi connectivity index (χ1) is 15.3. The second-order valence-electron chi connectivity index (χ2n) is 7.96. The molecule has 10 heteroatoms. The van der Waals surface area contributed by atoms with Crippen molar-refractivity contribution in [2.75, 3.05) is 6.54 Å². The van der Waals surface area contributed by atoms with Crippen LogP contribution in [-0.2, 0) is 12.7 Å². The van der Waals surface area contributed by atoms with E-state index in [1.807, 2.05) is 4.57 Å². The summed E-state index contributed by atoms with van der Waals surface area (Å²) in [6.07, 6.45) is -2.66. The van der Waals surface area contributed by atoms with Gasteiger partial charge < -0.3 is 9.47 Å². The van der Waals surface area contributed by atoms with Gasteiger partial charge in [0.25, 0.3) is 5.91 Å². The van der Waals surface area contributed by atoms with Crippen LogP contribution in [-0.4, -0.2) is 32.1 Å². The average molecular weight is 465 g/mol. The molecule has 1 saturated carbocycles. The predicted octanol–water partition coefficient (Wildman–Crippen LogP) is 5.21. The van der Waals surface area contributed by atoms with Gasteiger partial charge in [-0.1, -0.05) is 29.8 Å². The zero-order valence-electron chi connectivity index (χ0n) is 16.6. The molecule has 1 atom stereocenters. The minimum absolute atomic E-state index is 0.220. The van der Waals surface area contributed by atoms with Crippen LogP contribution in [0.4, 0.5) is 17.6 Å². The van der Waals surface area contributed by atoms with E-state index in [2.05, 4.69) is 10.2 Å². The Hall–Kier alpha value is -2.94. The summed E-state index contributed by atoms with van der Waals surface area (Å²) in [6, 6.07) is 8.15. The standard InChI is InChI=1S/C22H17ClF4N4O/c23-17-15(2-1-3-16(17)22(25,26)27)21(32)30-10-11-31-19(13-4-5-13)28-29-20(31)18(30)12-6-8-14(24)9-7-12/h1-3,6-9,13,18H,4-5,10-11H2/t18-/m1/s1. The Labute approximate surface area is 185 Å². The second kappa shape index (κ2) is 7.58. The molecule has 1 aliphatic heterocycles. The van der Waals surface area contributed by atoms with Crippen molar-refractivity contribution in [3.63, 3.8) is 0 Å². The fraction of sp³-hybridized carbons (Fsp3) is 0.318. The lowest BCUT2D eigenvalue weighted by Gasteiger charge is -2.36. The van der Waals surface area contributed by atoms with Crippen molar-refractivity contribution in [1.82, 2.24) is 19.7 Å². The van der Waals surface area contributed by atoms with Crippen LogP contribution in [0.25, 0.3) is 0 Å². The molecule has 1 aromatic heterocycles. The molecular weight excluding hydrogens is 448 g/mol. The number of rotatable bonds is 3. The van der Waals surface area contributed by atoms with Crippen molar-refractivity contribution >= 4 is 17.5 Å². The topological polar surface area (TPSA) is 51.0 Å². The minimum atomic E-state index is -4.69. The van der Waals surface area contributed by atoms with E-state index in [1.54, 1.807) is 0 Å². The van der Waals surface area contributed by atoms with E-state index < -0.39 is 34.5 Å². The van der Waals surface area contributed by atoms with E-state index in [9.17, 15) is 22.4 Å². The number of halogens is 5. The lowest BCUT2D eigenvalue weighted by molar-refractivity contribution is -0.137. The van der Waals surface area contributed by atoms with Crippen LogP contribution in [0.1, 0.15) is 57.9 Å². The van der Waals surface area contributed by atoms with E-state index in [0.29, 0.717) is 23.9 Å². The molecule has 1 fully saturated rings. The first kappa shape index (κ1) is 20.9. The SMILES string of the molecule is O=C(c1cccc(C(F)(F)F)c1Cl)N1CCn2c(C3CC3)nnc2[C@H]1c1ccc(F)cc1. The van der Waals surface area contributed by atoms with E-state index >= 15 is 0 Å². The van der Waals surface area contributed by atoms with Gasteiger partial charge in [0.1, 0.15) is 17.7 Å². The molecule has 0 spiro atoms. The summed E-state index contributed by atoms with van der Waals surface area (Å²) in [5.41, 5.74) is -0.734. The number of fused-ring (bicyclic) bond motifs is 1. The van der Waals surface area contributed by atoms with Gasteiger partial charge in [0.05, 0.1) is 16.1 Å². The fourth-order valence-corrected chi connectivity index (χ4v) is 4.46. The highest BCUT2D eigenvalue weighted by molar-refractivity contribution is 6.34. The van der Waals surface area contributed by atoms with Gasteiger partial charge in [0.2, 0.25) is 0 Å². The molecule has 5 nitrogen and oxygen atoms in total. The first-order valence-electron chi connectivity index (χ1n) is 10.1. The third-order valence-electron chi connectivity index (χ3n) is 5.85. The van der Waals surface area contributed by atoms with E-state index in [1.165, 1.54) is 35.2 Å². The highest BCUT2D eigenvalue weighted by atomic mass is 35.5. The molecular formula is C22H17ClF4N4O. The monoisotopic (exact) mass is 464 g/mol. The molecule has 2 heterocycles. The van der Waals surface area contributed by atoms with E-state index in [0.717, 1.165) is 30.8 Å². The van der Waals surface area contributed by atoms with Crippen molar-refractivity contribution in [2.24, 2.45) is 0 Å². The Bertz CT molecular complexity index is 1190. The summed E-state index contributed by atoms with van der Waals surface area (Å²) >= 11 is 6.03. The van der Waals surface area contributed by atoms with Gasteiger partial charge in [-0.05, 0) is 42.7 Å². The van der Waals surface area contributed by atoms with E-state index in [4.69, 9.17) is 11.6 Å². The maximum Gasteiger partial charge on any atom is 0.417 e. The first-order valence-corrected chi connectivity index (χ1v) is 10.5. The number of carbonyl (C=O) groups excluding carboxylic acids is 1. The maximum atomic E-state index is 13.6. The number of amides is 1. The van der Waals surface area contributed by atoms with Crippen LogP contribution in [0.15, 0.2) is 42.5 Å². The number of alkyl halides is 3. The number of carbonyl (C=O) groups is 1. The number of hydrogen-bond acceptors (Lipinski definition) is 3. The Morgan fingerprint density at radius 1 is 1.00 bits per heavy atom. The zero-order valence-corrected chi connectivity index (χ0v) is 17.4. The molecule has 0 unspecified atom stereocenters. The smallest absolute Gasteiger partial charge is 0.322 e. The third kappa shape index (κ3) is 3.54. The van der Waals surface area contributed by atoms with Gasteiger partial charge in [-0.25, -0.2) is 4.39 Å². The zero-order chi connectivity index (χ0) is 22.6. The number of hydrogen-bond donors (Lipinski definition) is 0. The lowest BCUT2D eigenvalue weighted by atomic mass is 10.00. The van der Waals surface area contributed by atoms with Crippen molar-refractivity contribution in [2.45, 2.75) is 37.5 Å². The summed E-state index contributed by atoms with van der Waals surface area (Å²) in [5.74, 6) is 0.573. The highest BCUT2D eigenvalue weighted by Crippen LogP contribution is 2.42. The molecule has 0 radical (unpaired) electrons. The average Bonchev–Trinajstić information content (AvgIpc) is 3.51. The molecule has 3 aromatic rings. The fourth-order valence-electron chi connectivity index (χ4n) is 4.14. The van der Waals surface area contributed by atoms with Crippen molar-refractivity contribution in [1.29, 1.82) is 0 Å². The van der Waals surface area contributed by atoms with E-state index in [-0.39, 0.29) is 12.1 Å². The summed E-state index contributed by atoms with van der Waals surface area (Å²) in [5, 5.41) is 7.98. The van der Waals surface area contributed by atoms with Crippen LogP contribution < -0.4 is 0 Å². The molecule has 32 heavy (non-hydrogen) atoms. The maximum absolute atomic E-state index is 13.6. The molecule has 1 aliphatic carbocycles. The summed E-state index contributed by atoms with van der Waals surface area (Å²) < 4.78 is 55.5. The largest absolute Gasteiger partial charge is 0.417 e. The third-order valence-corrected chi connectivity index (χ3v) is 6.26. The van der Waals surface area contributed by atoms with Crippen molar-refractivity contribution < 1.29 is 22.4 Å². The van der Waals surface area contributed by atoms with Crippen LogP contribution in [0, 0.1) is 5.82 Å². The minimum Gasteiger partial charge on any atom is -0.322 e. The molecule has 0 saturated heterocycles. The Balaban J connectivity index is 1.59.